The predicted molar refractivity (Wildman–Crippen MR) is 92.5 cm³/mol. The Kier molecular flexibility index (Phi) is 3.21. The number of nitrogens with one attached hydrogen (secondary N) is 2. The van der Waals surface area contributed by atoms with Gasteiger partial charge in [0.15, 0.2) is 0 Å². The standard InChI is InChI=1S/C19H26FN3.H2/c20-13-1-4-18-17(9-13)19(12-21-18)5-7-23(8-6-19)16-10-14-2-3-15(11-16)22-14;/h1,4,9,14-16,21-22H,2-3,5-8,10-12H2;1H. The van der Waals surface area contributed by atoms with Crippen LogP contribution in [0.3, 0.4) is 0 Å². The summed E-state index contributed by atoms with van der Waals surface area (Å²) in [6.07, 6.45) is 7.72. The first-order valence-corrected chi connectivity index (χ1v) is 9.26. The molecule has 126 valence electrons. The van der Waals surface area contributed by atoms with Crippen LogP contribution in [0.25, 0.3) is 0 Å². The van der Waals surface area contributed by atoms with Crippen molar-refractivity contribution in [2.24, 2.45) is 0 Å². The van der Waals surface area contributed by atoms with E-state index in [0.29, 0.717) is 0 Å². The Morgan fingerprint density at radius 3 is 2.61 bits per heavy atom. The van der Waals surface area contributed by atoms with Gasteiger partial charge in [-0.3, -0.25) is 0 Å². The summed E-state index contributed by atoms with van der Waals surface area (Å²) in [7, 11) is 0. The van der Waals surface area contributed by atoms with Crippen molar-refractivity contribution in [1.82, 2.24) is 10.2 Å². The van der Waals surface area contributed by atoms with Gasteiger partial charge in [-0.1, -0.05) is 0 Å². The van der Waals surface area contributed by atoms with E-state index in [4.69, 9.17) is 0 Å². The highest BCUT2D eigenvalue weighted by Crippen LogP contribution is 2.45. The van der Waals surface area contributed by atoms with Crippen LogP contribution in [0.5, 0.6) is 0 Å². The van der Waals surface area contributed by atoms with Gasteiger partial charge in [0.1, 0.15) is 5.82 Å². The van der Waals surface area contributed by atoms with E-state index in [0.717, 1.165) is 43.2 Å². The van der Waals surface area contributed by atoms with Gasteiger partial charge in [0.25, 0.3) is 0 Å². The molecule has 4 heteroatoms. The molecule has 4 aliphatic rings. The Balaban J connectivity index is 0.00000146. The largest absolute Gasteiger partial charge is 0.384 e. The number of fused-ring (bicyclic) bond motifs is 4. The molecule has 5 rings (SSSR count). The average Bonchev–Trinajstić information content (AvgIpc) is 3.09. The smallest absolute Gasteiger partial charge is 0.123 e. The summed E-state index contributed by atoms with van der Waals surface area (Å²) in [5.74, 6) is -0.0933. The highest BCUT2D eigenvalue weighted by molar-refractivity contribution is 5.60. The minimum absolute atomic E-state index is 0. The number of benzene rings is 1. The second-order valence-corrected chi connectivity index (χ2v) is 8.12. The van der Waals surface area contributed by atoms with Crippen molar-refractivity contribution in [2.75, 3.05) is 25.0 Å². The van der Waals surface area contributed by atoms with Gasteiger partial charge in [-0.05, 0) is 75.4 Å². The number of hydrogen-bond donors (Lipinski definition) is 2. The quantitative estimate of drug-likeness (QED) is 0.833. The van der Waals surface area contributed by atoms with Crippen LogP contribution in [0.2, 0.25) is 0 Å². The van der Waals surface area contributed by atoms with E-state index >= 15 is 0 Å². The molecule has 0 radical (unpaired) electrons. The summed E-state index contributed by atoms with van der Waals surface area (Å²) in [6, 6.07) is 7.55. The van der Waals surface area contributed by atoms with Crippen LogP contribution in [0.1, 0.15) is 45.5 Å². The van der Waals surface area contributed by atoms with E-state index in [1.54, 1.807) is 12.1 Å². The number of piperidine rings is 2. The fourth-order valence-corrected chi connectivity index (χ4v) is 5.56. The van der Waals surface area contributed by atoms with Crippen LogP contribution in [-0.4, -0.2) is 42.7 Å². The summed E-state index contributed by atoms with van der Waals surface area (Å²) in [5.41, 5.74) is 2.54. The Bertz CT molecular complexity index is 603. The average molecular weight is 317 g/mol. The highest BCUT2D eigenvalue weighted by Gasteiger charge is 2.44. The van der Waals surface area contributed by atoms with E-state index < -0.39 is 0 Å². The summed E-state index contributed by atoms with van der Waals surface area (Å²) < 4.78 is 13.7. The van der Waals surface area contributed by atoms with Gasteiger partial charge < -0.3 is 15.5 Å². The molecule has 2 N–H and O–H groups in total. The lowest BCUT2D eigenvalue weighted by atomic mass is 9.74. The van der Waals surface area contributed by atoms with Gasteiger partial charge in [0.05, 0.1) is 0 Å². The Hall–Kier alpha value is -1.13. The fourth-order valence-electron chi connectivity index (χ4n) is 5.56. The molecule has 4 aliphatic heterocycles. The zero-order chi connectivity index (χ0) is 15.4. The first-order valence-electron chi connectivity index (χ1n) is 9.26. The molecule has 2 unspecified atom stereocenters. The van der Waals surface area contributed by atoms with Crippen LogP contribution in [-0.2, 0) is 5.41 Å². The minimum atomic E-state index is -0.0933. The highest BCUT2D eigenvalue weighted by atomic mass is 19.1. The van der Waals surface area contributed by atoms with Gasteiger partial charge in [-0.25, -0.2) is 4.39 Å². The van der Waals surface area contributed by atoms with Crippen molar-refractivity contribution >= 4 is 5.69 Å². The fraction of sp³-hybridized carbons (Fsp3) is 0.684. The Labute approximate surface area is 139 Å². The lowest BCUT2D eigenvalue weighted by Gasteiger charge is -2.45. The van der Waals surface area contributed by atoms with Crippen LogP contribution < -0.4 is 10.6 Å². The molecule has 0 saturated carbocycles. The van der Waals surface area contributed by atoms with Crippen LogP contribution >= 0.6 is 0 Å². The molecule has 23 heavy (non-hydrogen) atoms. The van der Waals surface area contributed by atoms with Gasteiger partial charge in [0, 0.05) is 37.2 Å². The zero-order valence-electron chi connectivity index (χ0n) is 13.7. The maximum Gasteiger partial charge on any atom is 0.123 e. The van der Waals surface area contributed by atoms with Gasteiger partial charge >= 0.3 is 0 Å². The van der Waals surface area contributed by atoms with Gasteiger partial charge in [0.2, 0.25) is 0 Å². The third-order valence-electron chi connectivity index (χ3n) is 6.89. The molecular formula is C19H28FN3. The van der Waals surface area contributed by atoms with Crippen molar-refractivity contribution < 1.29 is 5.82 Å². The summed E-state index contributed by atoms with van der Waals surface area (Å²) in [4.78, 5) is 2.73. The molecule has 2 bridgehead atoms. The molecule has 3 fully saturated rings. The van der Waals surface area contributed by atoms with Gasteiger partial charge in [-0.15, -0.1) is 0 Å². The second-order valence-electron chi connectivity index (χ2n) is 8.12. The SMILES string of the molecule is Fc1ccc2c(c1)C1(CCN(C3CC4CCC(C3)N4)CC1)CN2.[HH]. The molecule has 1 spiro atoms. The summed E-state index contributed by atoms with van der Waals surface area (Å²) >= 11 is 0. The molecule has 0 aliphatic carbocycles. The van der Waals surface area contributed by atoms with E-state index in [-0.39, 0.29) is 12.7 Å². The molecular weight excluding hydrogens is 289 g/mol. The second kappa shape index (κ2) is 5.18. The predicted octanol–water partition coefficient (Wildman–Crippen LogP) is 3.11. The Morgan fingerprint density at radius 2 is 1.87 bits per heavy atom. The number of rotatable bonds is 1. The zero-order valence-corrected chi connectivity index (χ0v) is 13.7. The molecule has 0 amide bonds. The first-order chi connectivity index (χ1) is 11.2. The van der Waals surface area contributed by atoms with Crippen molar-refractivity contribution in [3.8, 4) is 0 Å². The molecule has 3 nitrogen and oxygen atoms in total. The monoisotopic (exact) mass is 317 g/mol. The minimum Gasteiger partial charge on any atom is -0.384 e. The number of anilines is 1. The lowest BCUT2D eigenvalue weighted by molar-refractivity contribution is 0.0897. The number of hydrogen-bond acceptors (Lipinski definition) is 3. The third kappa shape index (κ3) is 2.30. The number of halogens is 1. The molecule has 1 aromatic carbocycles. The topological polar surface area (TPSA) is 27.3 Å². The maximum atomic E-state index is 13.7. The van der Waals surface area contributed by atoms with Crippen molar-refractivity contribution in [3.63, 3.8) is 0 Å². The lowest BCUT2D eigenvalue weighted by Crippen LogP contribution is -2.53. The first kappa shape index (κ1) is 14.2. The normalized spacial score (nSPS) is 35.3. The van der Waals surface area contributed by atoms with Crippen LogP contribution in [0, 0.1) is 5.82 Å². The van der Waals surface area contributed by atoms with Crippen molar-refractivity contribution in [1.29, 1.82) is 0 Å². The van der Waals surface area contributed by atoms with E-state index in [9.17, 15) is 4.39 Å². The van der Waals surface area contributed by atoms with Crippen LogP contribution in [0.4, 0.5) is 10.1 Å². The molecule has 0 aromatic heterocycles. The van der Waals surface area contributed by atoms with Crippen molar-refractivity contribution in [2.45, 2.75) is 62.1 Å². The number of likely N-dealkylation sites (tertiary alicyclic amines) is 1. The maximum absolute atomic E-state index is 13.7. The third-order valence-corrected chi connectivity index (χ3v) is 6.89. The molecule has 3 saturated heterocycles. The van der Waals surface area contributed by atoms with Crippen LogP contribution in [0.15, 0.2) is 18.2 Å². The van der Waals surface area contributed by atoms with Crippen molar-refractivity contribution in [3.05, 3.63) is 29.6 Å². The summed E-state index contributed by atoms with van der Waals surface area (Å²) in [5, 5.41) is 7.26. The Morgan fingerprint density at radius 1 is 1.13 bits per heavy atom. The molecule has 4 heterocycles. The summed E-state index contributed by atoms with van der Waals surface area (Å²) in [6.45, 7) is 3.32. The number of nitrogens with zero attached hydrogens (tertiary/aromatic N) is 1. The van der Waals surface area contributed by atoms with E-state index in [2.05, 4.69) is 15.5 Å². The van der Waals surface area contributed by atoms with E-state index in [1.807, 2.05) is 6.07 Å². The molecule has 1 aromatic rings. The molecule has 2 atom stereocenters. The van der Waals surface area contributed by atoms with Gasteiger partial charge in [-0.2, -0.15) is 0 Å². The van der Waals surface area contributed by atoms with E-state index in [1.165, 1.54) is 44.3 Å².